The van der Waals surface area contributed by atoms with Crippen LogP contribution in [0.4, 0.5) is 0 Å². The molecule has 1 N–H and O–H groups in total. The van der Waals surface area contributed by atoms with Gasteiger partial charge in [0.2, 0.25) is 6.79 Å². The van der Waals surface area contributed by atoms with Gasteiger partial charge in [0.25, 0.3) is 0 Å². The van der Waals surface area contributed by atoms with Crippen LogP contribution in [0, 0.1) is 0 Å². The number of hydrogen-bond donors (Lipinski definition) is 1. The molecule has 170 valence electrons. The summed E-state index contributed by atoms with van der Waals surface area (Å²) in [6.45, 7) is 0.214. The molecule has 0 aliphatic carbocycles. The van der Waals surface area contributed by atoms with E-state index in [0.717, 1.165) is 5.56 Å². The molecule has 9 heteroatoms. The van der Waals surface area contributed by atoms with Gasteiger partial charge in [-0.1, -0.05) is 58.5 Å². The molecular weight excluding hydrogens is 510 g/mol. The molecule has 0 unspecified atom stereocenters. The molecule has 5 nitrogen and oxygen atoms in total. The van der Waals surface area contributed by atoms with Crippen molar-refractivity contribution in [2.75, 3.05) is 6.79 Å². The van der Waals surface area contributed by atoms with E-state index in [1.54, 1.807) is 48.5 Å². The number of rotatable bonds is 7. The van der Waals surface area contributed by atoms with Crippen molar-refractivity contribution in [2.45, 2.75) is 13.0 Å². The zero-order valence-electron chi connectivity index (χ0n) is 16.9. The molecule has 0 atom stereocenters. The second-order valence-corrected chi connectivity index (χ2v) is 8.77. The van der Waals surface area contributed by atoms with Crippen LogP contribution < -0.4 is 14.2 Å². The first-order valence-corrected chi connectivity index (χ1v) is 11.2. The Kier molecular flexibility index (Phi) is 7.25. The Morgan fingerprint density at radius 3 is 2.27 bits per heavy atom. The number of fused-ring (bicyclic) bond motifs is 1. The zero-order chi connectivity index (χ0) is 23.5. The molecule has 1 heterocycles. The van der Waals surface area contributed by atoms with Gasteiger partial charge >= 0.3 is 5.97 Å². The highest BCUT2D eigenvalue weighted by molar-refractivity contribution is 6.37. The van der Waals surface area contributed by atoms with Gasteiger partial charge in [0, 0.05) is 27.6 Å². The van der Waals surface area contributed by atoms with Crippen LogP contribution in [-0.4, -0.2) is 17.9 Å². The predicted octanol–water partition coefficient (Wildman–Crippen LogP) is 7.32. The Balaban J connectivity index is 1.55. The number of benzene rings is 3. The highest BCUT2D eigenvalue weighted by Gasteiger charge is 2.17. The minimum absolute atomic E-state index is 0.0671. The van der Waals surface area contributed by atoms with Crippen molar-refractivity contribution < 1.29 is 24.1 Å². The lowest BCUT2D eigenvalue weighted by atomic mass is 10.0. The molecule has 0 bridgehead atoms. The molecule has 0 spiro atoms. The Labute approximate surface area is 210 Å². The summed E-state index contributed by atoms with van der Waals surface area (Å²) in [5, 5.41) is 11.1. The van der Waals surface area contributed by atoms with Crippen molar-refractivity contribution in [2.24, 2.45) is 0 Å². The summed E-state index contributed by atoms with van der Waals surface area (Å²) < 4.78 is 16.4. The molecule has 0 amide bonds. The van der Waals surface area contributed by atoms with Gasteiger partial charge in [-0.2, -0.15) is 0 Å². The van der Waals surface area contributed by atoms with E-state index in [0.29, 0.717) is 32.7 Å². The molecule has 0 aromatic heterocycles. The van der Waals surface area contributed by atoms with Crippen molar-refractivity contribution in [3.63, 3.8) is 0 Å². The van der Waals surface area contributed by atoms with Crippen molar-refractivity contribution in [1.82, 2.24) is 0 Å². The first-order chi connectivity index (χ1) is 15.8. The number of carboxylic acid groups (broad SMARTS) is 1. The summed E-state index contributed by atoms with van der Waals surface area (Å²) in [7, 11) is 0. The fraction of sp³-hybridized carbons (Fsp3) is 0.125. The second-order valence-electron chi connectivity index (χ2n) is 7.14. The first-order valence-electron chi connectivity index (χ1n) is 9.69. The lowest BCUT2D eigenvalue weighted by Crippen LogP contribution is -2.04. The molecular formula is C24H16Cl4O5. The molecule has 1 aliphatic rings. The lowest BCUT2D eigenvalue weighted by Gasteiger charge is -2.13. The summed E-state index contributed by atoms with van der Waals surface area (Å²) in [6.07, 6.45) is 1.68. The van der Waals surface area contributed by atoms with E-state index in [2.05, 4.69) is 0 Å². The summed E-state index contributed by atoms with van der Waals surface area (Å²) in [5.74, 6) is 0.406. The minimum atomic E-state index is -1.06. The van der Waals surface area contributed by atoms with Gasteiger partial charge in [-0.3, -0.25) is 0 Å². The SMILES string of the molecule is O=C(O)C(=Cc1cc(Cl)c(OCc2c(Cl)cccc2Cl)c(Cl)c1)Cc1ccc2c(c1)OCO2. The number of hydrogen-bond acceptors (Lipinski definition) is 4. The van der Waals surface area contributed by atoms with Crippen LogP contribution in [0.2, 0.25) is 20.1 Å². The molecule has 0 saturated heterocycles. The van der Waals surface area contributed by atoms with Crippen molar-refractivity contribution in [3.8, 4) is 17.2 Å². The molecule has 0 radical (unpaired) electrons. The quantitative estimate of drug-likeness (QED) is 0.327. The average molecular weight is 526 g/mol. The molecule has 1 aliphatic heterocycles. The number of carboxylic acids is 1. The van der Waals surface area contributed by atoms with Crippen LogP contribution in [0.3, 0.4) is 0 Å². The Bertz CT molecular complexity index is 1210. The van der Waals surface area contributed by atoms with Crippen LogP contribution in [0.15, 0.2) is 54.1 Å². The van der Waals surface area contributed by atoms with Crippen molar-refractivity contribution in [1.29, 1.82) is 0 Å². The maximum Gasteiger partial charge on any atom is 0.331 e. The van der Waals surface area contributed by atoms with E-state index < -0.39 is 5.97 Å². The molecule has 3 aromatic carbocycles. The van der Waals surface area contributed by atoms with E-state index in [4.69, 9.17) is 60.6 Å². The number of ether oxygens (including phenoxy) is 3. The maximum atomic E-state index is 11.9. The number of halogens is 4. The summed E-state index contributed by atoms with van der Waals surface area (Å²) in [4.78, 5) is 11.9. The smallest absolute Gasteiger partial charge is 0.331 e. The van der Waals surface area contributed by atoms with E-state index in [1.807, 2.05) is 0 Å². The Hall–Kier alpha value is -2.57. The Morgan fingerprint density at radius 1 is 0.939 bits per heavy atom. The van der Waals surface area contributed by atoms with Gasteiger partial charge in [0.05, 0.1) is 10.0 Å². The monoisotopic (exact) mass is 524 g/mol. The van der Waals surface area contributed by atoms with Gasteiger partial charge < -0.3 is 19.3 Å². The standard InChI is InChI=1S/C24H16Cl4O5/c25-17-2-1-3-18(26)16(17)11-31-23-19(27)8-14(9-20(23)28)7-15(24(29)30)6-13-4-5-21-22(10-13)33-12-32-21/h1-5,7-10H,6,11-12H2,(H,29,30). The number of aliphatic carboxylic acids is 1. The highest BCUT2D eigenvalue weighted by Crippen LogP contribution is 2.37. The molecule has 4 rings (SSSR count). The van der Waals surface area contributed by atoms with E-state index >= 15 is 0 Å². The van der Waals surface area contributed by atoms with Crippen LogP contribution in [0.1, 0.15) is 16.7 Å². The van der Waals surface area contributed by atoms with Gasteiger partial charge in [-0.05, 0) is 53.6 Å². The highest BCUT2D eigenvalue weighted by atomic mass is 35.5. The fourth-order valence-electron chi connectivity index (χ4n) is 3.28. The van der Waals surface area contributed by atoms with E-state index in [1.165, 1.54) is 6.08 Å². The van der Waals surface area contributed by atoms with Gasteiger partial charge in [-0.25, -0.2) is 4.79 Å². The average Bonchev–Trinajstić information content (AvgIpc) is 3.22. The largest absolute Gasteiger partial charge is 0.486 e. The predicted molar refractivity (Wildman–Crippen MR) is 129 cm³/mol. The van der Waals surface area contributed by atoms with Crippen LogP contribution in [0.25, 0.3) is 6.08 Å². The molecule has 0 fully saturated rings. The van der Waals surface area contributed by atoms with Crippen LogP contribution in [-0.2, 0) is 17.8 Å². The third-order valence-corrected chi connectivity index (χ3v) is 6.16. The van der Waals surface area contributed by atoms with Gasteiger partial charge in [0.15, 0.2) is 17.2 Å². The molecule has 33 heavy (non-hydrogen) atoms. The summed E-state index contributed by atoms with van der Waals surface area (Å²) in [5.41, 5.74) is 2.04. The number of carbonyl (C=O) groups is 1. The topological polar surface area (TPSA) is 65.0 Å². The van der Waals surface area contributed by atoms with Crippen LogP contribution in [0.5, 0.6) is 17.2 Å². The summed E-state index contributed by atoms with van der Waals surface area (Å²) in [6, 6.07) is 13.6. The molecule has 3 aromatic rings. The van der Waals surface area contributed by atoms with Crippen molar-refractivity contribution >= 4 is 58.4 Å². The minimum Gasteiger partial charge on any atom is -0.486 e. The zero-order valence-corrected chi connectivity index (χ0v) is 19.9. The Morgan fingerprint density at radius 2 is 1.61 bits per heavy atom. The third-order valence-electron chi connectivity index (χ3n) is 4.89. The van der Waals surface area contributed by atoms with E-state index in [9.17, 15) is 9.90 Å². The van der Waals surface area contributed by atoms with Gasteiger partial charge in [0.1, 0.15) is 6.61 Å². The summed E-state index contributed by atoms with van der Waals surface area (Å²) >= 11 is 25.1. The second kappa shape index (κ2) is 10.1. The van der Waals surface area contributed by atoms with Crippen molar-refractivity contribution in [3.05, 3.63) is 90.9 Å². The lowest BCUT2D eigenvalue weighted by molar-refractivity contribution is -0.132. The third kappa shape index (κ3) is 5.50. The van der Waals surface area contributed by atoms with E-state index in [-0.39, 0.29) is 41.2 Å². The fourth-order valence-corrected chi connectivity index (χ4v) is 4.40. The molecule has 0 saturated carbocycles. The van der Waals surface area contributed by atoms with Crippen LogP contribution >= 0.6 is 46.4 Å². The maximum absolute atomic E-state index is 11.9. The normalized spacial score (nSPS) is 12.7. The first kappa shape index (κ1) is 23.6. The van der Waals surface area contributed by atoms with Gasteiger partial charge in [-0.15, -0.1) is 0 Å².